The van der Waals surface area contributed by atoms with Gasteiger partial charge in [-0.15, -0.1) is 0 Å². The number of amides is 1. The Morgan fingerprint density at radius 3 is 2.33 bits per heavy atom. The predicted molar refractivity (Wildman–Crippen MR) is 110 cm³/mol. The van der Waals surface area contributed by atoms with Crippen LogP contribution in [0.25, 0.3) is 0 Å². The maximum absolute atomic E-state index is 13.8. The number of hydrogen-bond donors (Lipinski definition) is 1. The van der Waals surface area contributed by atoms with Crippen molar-refractivity contribution in [2.75, 3.05) is 27.2 Å². The van der Waals surface area contributed by atoms with Crippen LogP contribution in [0.1, 0.15) is 19.4 Å². The van der Waals surface area contributed by atoms with Crippen molar-refractivity contribution in [1.29, 1.82) is 0 Å². The second-order valence-corrected chi connectivity index (χ2v) is 8.07. The molecule has 0 aromatic heterocycles. The second kappa shape index (κ2) is 8.38. The molecule has 1 atom stereocenters. The first-order valence-corrected chi connectivity index (χ1v) is 9.29. The number of carbonyl (C=O) groups excluding carboxylic acids is 1. The first-order valence-electron chi connectivity index (χ1n) is 8.91. The minimum Gasteiger partial charge on any atom is -0.364 e. The van der Waals surface area contributed by atoms with Gasteiger partial charge in [-0.25, -0.2) is 4.39 Å². The molecule has 6 heteroatoms. The van der Waals surface area contributed by atoms with E-state index in [-0.39, 0.29) is 9.51 Å². The van der Waals surface area contributed by atoms with E-state index < -0.39 is 17.3 Å². The Bertz CT molecular complexity index is 795. The number of nitrogens with zero attached hydrogens (tertiary/aromatic N) is 2. The number of benzene rings is 2. The maximum atomic E-state index is 13.8. The Hall–Kier alpha value is -1.95. The SMILES string of the molecule is CN(C)CC[N+](Cc1ccccc1)(c1ccc(F)c(Cl)c1)C(C)(C)C(N)=O. The average Bonchev–Trinajstić information content (AvgIpc) is 2.61. The molecular weight excluding hydrogens is 365 g/mol. The Morgan fingerprint density at radius 2 is 1.81 bits per heavy atom. The molecule has 1 amide bonds. The quantitative estimate of drug-likeness (QED) is 0.694. The molecule has 0 aliphatic carbocycles. The molecule has 0 spiro atoms. The van der Waals surface area contributed by atoms with E-state index in [1.165, 1.54) is 6.07 Å². The highest BCUT2D eigenvalue weighted by Crippen LogP contribution is 2.38. The monoisotopic (exact) mass is 392 g/mol. The zero-order valence-corrected chi connectivity index (χ0v) is 17.1. The van der Waals surface area contributed by atoms with Crippen molar-refractivity contribution >= 4 is 23.2 Å². The van der Waals surface area contributed by atoms with Crippen molar-refractivity contribution in [3.63, 3.8) is 0 Å². The highest BCUT2D eigenvalue weighted by atomic mass is 35.5. The van der Waals surface area contributed by atoms with Gasteiger partial charge < -0.3 is 10.6 Å². The number of rotatable bonds is 8. The van der Waals surface area contributed by atoms with Gasteiger partial charge in [-0.1, -0.05) is 41.9 Å². The summed E-state index contributed by atoms with van der Waals surface area (Å²) in [5.74, 6) is -0.902. The third-order valence-electron chi connectivity index (χ3n) is 5.29. The van der Waals surface area contributed by atoms with Gasteiger partial charge in [-0.2, -0.15) is 0 Å². The lowest BCUT2D eigenvalue weighted by Crippen LogP contribution is -2.69. The van der Waals surface area contributed by atoms with Crippen LogP contribution in [0.4, 0.5) is 10.1 Å². The molecule has 0 radical (unpaired) electrons. The lowest BCUT2D eigenvalue weighted by atomic mass is 9.93. The van der Waals surface area contributed by atoms with Gasteiger partial charge in [0.05, 0.1) is 11.6 Å². The summed E-state index contributed by atoms with van der Waals surface area (Å²) < 4.78 is 14.1. The van der Waals surface area contributed by atoms with Crippen LogP contribution in [-0.2, 0) is 11.3 Å². The Kier molecular flexibility index (Phi) is 6.63. The number of primary amides is 1. The Labute approximate surface area is 165 Å². The number of carbonyl (C=O) groups is 1. The van der Waals surface area contributed by atoms with Gasteiger partial charge in [0, 0.05) is 38.1 Å². The van der Waals surface area contributed by atoms with Crippen molar-refractivity contribution in [3.05, 3.63) is 64.9 Å². The van der Waals surface area contributed by atoms with Gasteiger partial charge in [0.25, 0.3) is 5.91 Å². The van der Waals surface area contributed by atoms with Gasteiger partial charge in [-0.3, -0.25) is 9.28 Å². The van der Waals surface area contributed by atoms with Crippen LogP contribution < -0.4 is 10.2 Å². The highest BCUT2D eigenvalue weighted by Gasteiger charge is 2.50. The van der Waals surface area contributed by atoms with Crippen LogP contribution in [0.2, 0.25) is 5.02 Å². The predicted octanol–water partition coefficient (Wildman–Crippen LogP) is 3.81. The fourth-order valence-corrected chi connectivity index (χ4v) is 3.50. The summed E-state index contributed by atoms with van der Waals surface area (Å²) >= 11 is 6.10. The molecular formula is C21H28ClFN3O+. The minimum atomic E-state index is -0.937. The number of likely N-dealkylation sites (N-methyl/N-ethyl adjacent to an activating group) is 1. The molecule has 0 bridgehead atoms. The Balaban J connectivity index is 2.70. The molecule has 0 aliphatic heterocycles. The van der Waals surface area contributed by atoms with Crippen LogP contribution in [0.5, 0.6) is 0 Å². The maximum Gasteiger partial charge on any atom is 0.278 e. The van der Waals surface area contributed by atoms with Gasteiger partial charge >= 0.3 is 0 Å². The number of hydrogen-bond acceptors (Lipinski definition) is 2. The summed E-state index contributed by atoms with van der Waals surface area (Å²) in [7, 11) is 3.96. The van der Waals surface area contributed by atoms with Crippen molar-refractivity contribution < 1.29 is 9.18 Å². The summed E-state index contributed by atoms with van der Waals surface area (Å²) in [5, 5.41) is 0.0354. The molecule has 2 N–H and O–H groups in total. The summed E-state index contributed by atoms with van der Waals surface area (Å²) in [6, 6.07) is 14.6. The molecule has 0 heterocycles. The molecule has 146 valence electrons. The van der Waals surface area contributed by atoms with Crippen molar-refractivity contribution in [3.8, 4) is 0 Å². The summed E-state index contributed by atoms with van der Waals surface area (Å²) in [5.41, 5.74) is 6.73. The van der Waals surface area contributed by atoms with E-state index in [4.69, 9.17) is 17.3 Å². The lowest BCUT2D eigenvalue weighted by molar-refractivity contribution is -0.128. The third kappa shape index (κ3) is 4.49. The van der Waals surface area contributed by atoms with Crippen molar-refractivity contribution in [1.82, 2.24) is 9.38 Å². The molecule has 27 heavy (non-hydrogen) atoms. The first-order chi connectivity index (χ1) is 12.6. The zero-order chi connectivity index (χ0) is 20.2. The summed E-state index contributed by atoms with van der Waals surface area (Å²) in [6.45, 7) is 5.54. The fraction of sp³-hybridized carbons (Fsp3) is 0.381. The number of nitrogens with two attached hydrogens (primary N) is 1. The van der Waals surface area contributed by atoms with Crippen LogP contribution >= 0.6 is 11.6 Å². The first kappa shape index (κ1) is 21.4. The van der Waals surface area contributed by atoms with Gasteiger partial charge in [0.2, 0.25) is 0 Å². The largest absolute Gasteiger partial charge is 0.364 e. The standard InChI is InChI=1S/C21H27ClFN3O/c1-21(2,20(24)27)26(13-12-25(3)4,15-16-8-6-5-7-9-16)17-10-11-19(23)18(22)14-17/h5-11,14H,12-13,15H2,1-4H3,(H-,24,27)/p+1. The van der Waals surface area contributed by atoms with Gasteiger partial charge in [0.1, 0.15) is 18.0 Å². The van der Waals surface area contributed by atoms with Crippen molar-refractivity contribution in [2.24, 2.45) is 5.73 Å². The van der Waals surface area contributed by atoms with E-state index in [0.29, 0.717) is 13.1 Å². The van der Waals surface area contributed by atoms with Gasteiger partial charge in [-0.05, 0) is 20.2 Å². The average molecular weight is 393 g/mol. The molecule has 2 aromatic rings. The van der Waals surface area contributed by atoms with Gasteiger partial charge in [0.15, 0.2) is 5.54 Å². The normalized spacial score (nSPS) is 14.2. The molecule has 1 unspecified atom stereocenters. The fourth-order valence-electron chi connectivity index (χ4n) is 3.33. The van der Waals surface area contributed by atoms with E-state index >= 15 is 0 Å². The van der Waals surface area contributed by atoms with Crippen LogP contribution in [0.3, 0.4) is 0 Å². The topological polar surface area (TPSA) is 46.3 Å². The van der Waals surface area contributed by atoms with E-state index in [9.17, 15) is 9.18 Å². The second-order valence-electron chi connectivity index (χ2n) is 7.66. The molecule has 0 saturated heterocycles. The molecule has 0 aliphatic rings. The van der Waals surface area contributed by atoms with E-state index in [2.05, 4.69) is 4.90 Å². The van der Waals surface area contributed by atoms with E-state index in [0.717, 1.165) is 17.8 Å². The Morgan fingerprint density at radius 1 is 1.19 bits per heavy atom. The highest BCUT2D eigenvalue weighted by molar-refractivity contribution is 6.31. The van der Waals surface area contributed by atoms with Crippen LogP contribution in [-0.4, -0.2) is 43.5 Å². The lowest BCUT2D eigenvalue weighted by Gasteiger charge is -2.48. The van der Waals surface area contributed by atoms with Crippen LogP contribution in [0, 0.1) is 5.82 Å². The van der Waals surface area contributed by atoms with E-state index in [1.807, 2.05) is 58.3 Å². The van der Waals surface area contributed by atoms with E-state index in [1.54, 1.807) is 12.1 Å². The molecule has 2 aromatic carbocycles. The number of quaternary nitrogens is 1. The molecule has 0 fully saturated rings. The van der Waals surface area contributed by atoms with Crippen molar-refractivity contribution in [2.45, 2.75) is 25.9 Å². The molecule has 0 saturated carbocycles. The third-order valence-corrected chi connectivity index (χ3v) is 5.58. The zero-order valence-electron chi connectivity index (χ0n) is 16.4. The van der Waals surface area contributed by atoms with Crippen LogP contribution in [0.15, 0.2) is 48.5 Å². The number of halogens is 2. The molecule has 2 rings (SSSR count). The smallest absolute Gasteiger partial charge is 0.278 e. The molecule has 4 nitrogen and oxygen atoms in total. The summed E-state index contributed by atoms with van der Waals surface area (Å²) in [4.78, 5) is 14.6. The minimum absolute atomic E-state index is 0.0354. The summed E-state index contributed by atoms with van der Waals surface area (Å²) in [6.07, 6.45) is 0.